The van der Waals surface area contributed by atoms with Gasteiger partial charge in [0, 0.05) is 24.4 Å². The maximum Gasteiger partial charge on any atom is 0.253 e. The number of hydrazone groups is 1. The molecule has 3 heterocycles. The second-order valence-electron chi connectivity index (χ2n) is 7.85. The number of hydrogen-bond donors (Lipinski definition) is 1. The van der Waals surface area contributed by atoms with Gasteiger partial charge >= 0.3 is 0 Å². The molecule has 2 aromatic heterocycles. The van der Waals surface area contributed by atoms with Gasteiger partial charge in [-0.1, -0.05) is 54.2 Å². The third-order valence-corrected chi connectivity index (χ3v) is 6.61. The fourth-order valence-electron chi connectivity index (χ4n) is 3.89. The van der Waals surface area contributed by atoms with Crippen molar-refractivity contribution in [3.63, 3.8) is 0 Å². The highest BCUT2D eigenvalue weighted by atomic mass is 32.2. The van der Waals surface area contributed by atoms with Crippen molar-refractivity contribution >= 4 is 23.4 Å². The number of amides is 1. The number of carbonyl (C=O) groups is 1. The molecule has 9 nitrogen and oxygen atoms in total. The third-order valence-electron chi connectivity index (χ3n) is 5.68. The van der Waals surface area contributed by atoms with E-state index in [4.69, 9.17) is 15.7 Å². The van der Waals surface area contributed by atoms with Crippen LogP contribution in [0.15, 0.2) is 89.4 Å². The molecule has 4 aromatic rings. The van der Waals surface area contributed by atoms with Gasteiger partial charge in [0.25, 0.3) is 5.91 Å². The standard InChI is InChI=1S/C25H23N7O2S/c1-34-20-11-9-18(10-12-20)22-14-21(17-6-3-2-4-7-17)30-32(22)23(33)16-35-25-29-28-24(31(25)26)19-8-5-13-27-15-19/h2-13,15,22H,14,16,26H2,1H3/t22-/m1/s1. The predicted octanol–water partition coefficient (Wildman–Crippen LogP) is 3.53. The van der Waals surface area contributed by atoms with E-state index in [0.29, 0.717) is 17.4 Å². The van der Waals surface area contributed by atoms with Crippen molar-refractivity contribution in [2.24, 2.45) is 5.10 Å². The van der Waals surface area contributed by atoms with E-state index in [1.54, 1.807) is 30.6 Å². The van der Waals surface area contributed by atoms with E-state index in [1.807, 2.05) is 60.7 Å². The lowest BCUT2D eigenvalue weighted by atomic mass is 9.98. The molecule has 0 spiro atoms. The van der Waals surface area contributed by atoms with Crippen LogP contribution in [0, 0.1) is 0 Å². The van der Waals surface area contributed by atoms with Crippen molar-refractivity contribution in [1.82, 2.24) is 24.9 Å². The molecule has 35 heavy (non-hydrogen) atoms. The van der Waals surface area contributed by atoms with Gasteiger partial charge in [0.2, 0.25) is 5.16 Å². The molecule has 0 unspecified atom stereocenters. The number of nitrogens with zero attached hydrogens (tertiary/aromatic N) is 6. The van der Waals surface area contributed by atoms with Gasteiger partial charge in [-0.25, -0.2) is 9.69 Å². The molecule has 10 heteroatoms. The molecule has 0 saturated heterocycles. The fraction of sp³-hybridized carbons (Fsp3) is 0.160. The maximum absolute atomic E-state index is 13.4. The summed E-state index contributed by atoms with van der Waals surface area (Å²) in [6.07, 6.45) is 3.95. The molecule has 1 amide bonds. The molecular formula is C25H23N7O2S. The Labute approximate surface area is 206 Å². The minimum absolute atomic E-state index is 0.112. The zero-order valence-corrected chi connectivity index (χ0v) is 19.8. The number of aromatic nitrogens is 4. The van der Waals surface area contributed by atoms with Gasteiger partial charge in [0.05, 0.1) is 24.6 Å². The van der Waals surface area contributed by atoms with Gasteiger partial charge in [0.15, 0.2) is 5.82 Å². The van der Waals surface area contributed by atoms with Crippen molar-refractivity contribution < 1.29 is 9.53 Å². The number of nitrogen functional groups attached to an aromatic ring is 1. The van der Waals surface area contributed by atoms with E-state index >= 15 is 0 Å². The lowest BCUT2D eigenvalue weighted by Crippen LogP contribution is -2.28. The summed E-state index contributed by atoms with van der Waals surface area (Å²) in [5, 5.41) is 15.0. The van der Waals surface area contributed by atoms with Crippen LogP contribution in [0.4, 0.5) is 0 Å². The average Bonchev–Trinajstić information content (AvgIpc) is 3.52. The Morgan fingerprint density at radius 2 is 1.83 bits per heavy atom. The summed E-state index contributed by atoms with van der Waals surface area (Å²) in [6, 6.07) is 21.1. The number of thioether (sulfide) groups is 1. The molecule has 5 rings (SSSR count). The number of pyridine rings is 1. The molecule has 0 radical (unpaired) electrons. The monoisotopic (exact) mass is 485 g/mol. The zero-order chi connectivity index (χ0) is 24.2. The number of nitrogens with two attached hydrogens (primary N) is 1. The van der Waals surface area contributed by atoms with Gasteiger partial charge in [-0.3, -0.25) is 9.78 Å². The van der Waals surface area contributed by atoms with Crippen LogP contribution in [0.5, 0.6) is 5.75 Å². The van der Waals surface area contributed by atoms with Crippen LogP contribution >= 0.6 is 11.8 Å². The SMILES string of the molecule is COc1ccc([C@H]2CC(c3ccccc3)=NN2C(=O)CSc2nnc(-c3cccnc3)n2N)cc1. The Bertz CT molecular complexity index is 1340. The van der Waals surface area contributed by atoms with E-state index in [1.165, 1.54) is 16.4 Å². The van der Waals surface area contributed by atoms with Crippen LogP contribution in [0.25, 0.3) is 11.4 Å². The quantitative estimate of drug-likeness (QED) is 0.315. The zero-order valence-electron chi connectivity index (χ0n) is 19.0. The van der Waals surface area contributed by atoms with Crippen molar-refractivity contribution in [3.8, 4) is 17.1 Å². The molecule has 0 bridgehead atoms. The molecule has 0 saturated carbocycles. The van der Waals surface area contributed by atoms with Crippen molar-refractivity contribution in [2.45, 2.75) is 17.6 Å². The van der Waals surface area contributed by atoms with E-state index < -0.39 is 0 Å². The minimum atomic E-state index is -0.217. The van der Waals surface area contributed by atoms with E-state index in [-0.39, 0.29) is 17.7 Å². The Hall–Kier alpha value is -4.18. The molecular weight excluding hydrogens is 462 g/mol. The summed E-state index contributed by atoms with van der Waals surface area (Å²) in [7, 11) is 1.63. The first-order valence-corrected chi connectivity index (χ1v) is 11.9. The lowest BCUT2D eigenvalue weighted by molar-refractivity contribution is -0.130. The van der Waals surface area contributed by atoms with Crippen molar-refractivity contribution in [1.29, 1.82) is 0 Å². The van der Waals surface area contributed by atoms with Crippen LogP contribution in [0.3, 0.4) is 0 Å². The highest BCUT2D eigenvalue weighted by molar-refractivity contribution is 7.99. The van der Waals surface area contributed by atoms with Crippen LogP contribution in [0.2, 0.25) is 0 Å². The number of benzene rings is 2. The highest BCUT2D eigenvalue weighted by Crippen LogP contribution is 2.34. The number of methoxy groups -OCH3 is 1. The van der Waals surface area contributed by atoms with Gasteiger partial charge in [-0.2, -0.15) is 5.10 Å². The topological polar surface area (TPSA) is 112 Å². The molecule has 1 aliphatic rings. The predicted molar refractivity (Wildman–Crippen MR) is 134 cm³/mol. The minimum Gasteiger partial charge on any atom is -0.497 e. The van der Waals surface area contributed by atoms with Gasteiger partial charge in [-0.15, -0.1) is 10.2 Å². The Kier molecular flexibility index (Phi) is 6.44. The van der Waals surface area contributed by atoms with Gasteiger partial charge in [-0.05, 0) is 35.4 Å². The summed E-state index contributed by atoms with van der Waals surface area (Å²) in [4.78, 5) is 17.4. The normalized spacial score (nSPS) is 15.2. The summed E-state index contributed by atoms with van der Waals surface area (Å²) in [6.45, 7) is 0. The van der Waals surface area contributed by atoms with E-state index in [2.05, 4.69) is 15.2 Å². The Morgan fingerprint density at radius 3 is 2.54 bits per heavy atom. The van der Waals surface area contributed by atoms with Crippen molar-refractivity contribution in [3.05, 3.63) is 90.3 Å². The summed E-state index contributed by atoms with van der Waals surface area (Å²) >= 11 is 1.22. The third kappa shape index (κ3) is 4.73. The number of hydrogen-bond acceptors (Lipinski definition) is 8. The average molecular weight is 486 g/mol. The Morgan fingerprint density at radius 1 is 1.06 bits per heavy atom. The van der Waals surface area contributed by atoms with Crippen molar-refractivity contribution in [2.75, 3.05) is 18.7 Å². The largest absolute Gasteiger partial charge is 0.497 e. The van der Waals surface area contributed by atoms with Crippen LogP contribution in [-0.2, 0) is 4.79 Å². The first kappa shape index (κ1) is 22.6. The summed E-state index contributed by atoms with van der Waals surface area (Å²) in [5.41, 5.74) is 3.60. The molecule has 0 aliphatic carbocycles. The first-order valence-electron chi connectivity index (χ1n) is 11.0. The number of rotatable bonds is 7. The number of carbonyl (C=O) groups excluding carboxylic acids is 1. The van der Waals surface area contributed by atoms with Crippen LogP contribution < -0.4 is 10.6 Å². The molecule has 176 valence electrons. The molecule has 0 fully saturated rings. The van der Waals surface area contributed by atoms with Gasteiger partial charge in [0.1, 0.15) is 5.75 Å². The van der Waals surface area contributed by atoms with E-state index in [9.17, 15) is 4.79 Å². The van der Waals surface area contributed by atoms with Gasteiger partial charge < -0.3 is 10.6 Å². The Balaban J connectivity index is 1.36. The van der Waals surface area contributed by atoms with Crippen LogP contribution in [0.1, 0.15) is 23.6 Å². The van der Waals surface area contributed by atoms with Crippen LogP contribution in [-0.4, -0.2) is 49.3 Å². The van der Waals surface area contributed by atoms with E-state index in [0.717, 1.165) is 28.2 Å². The first-order chi connectivity index (χ1) is 17.1. The fourth-order valence-corrected chi connectivity index (χ4v) is 4.60. The summed E-state index contributed by atoms with van der Waals surface area (Å²) in [5.74, 6) is 7.41. The molecule has 2 N–H and O–H groups in total. The number of ether oxygens (including phenoxy) is 1. The maximum atomic E-state index is 13.4. The molecule has 1 atom stereocenters. The molecule has 2 aromatic carbocycles. The lowest BCUT2D eigenvalue weighted by Gasteiger charge is -2.22. The highest BCUT2D eigenvalue weighted by Gasteiger charge is 2.33. The smallest absolute Gasteiger partial charge is 0.253 e. The summed E-state index contributed by atoms with van der Waals surface area (Å²) < 4.78 is 6.66. The second kappa shape index (κ2) is 9.98. The second-order valence-corrected chi connectivity index (χ2v) is 8.79. The molecule has 1 aliphatic heterocycles.